The zero-order chi connectivity index (χ0) is 34.1. The van der Waals surface area contributed by atoms with Gasteiger partial charge < -0.3 is 14.8 Å². The van der Waals surface area contributed by atoms with Gasteiger partial charge in [-0.05, 0) is 145 Å². The second-order valence-corrected chi connectivity index (χ2v) is 15.2. The summed E-state index contributed by atoms with van der Waals surface area (Å²) in [6.45, 7) is 10.7. The number of alkyl carbamates (subject to hydrolysis) is 1. The highest BCUT2D eigenvalue weighted by molar-refractivity contribution is 5.95. The maximum absolute atomic E-state index is 14.6. The van der Waals surface area contributed by atoms with Crippen LogP contribution in [-0.2, 0) is 14.9 Å². The first-order valence-electron chi connectivity index (χ1n) is 17.9. The van der Waals surface area contributed by atoms with Gasteiger partial charge in [0, 0.05) is 42.5 Å². The predicted octanol–water partition coefficient (Wildman–Crippen LogP) is 8.16. The van der Waals surface area contributed by atoms with E-state index in [4.69, 9.17) is 14.5 Å². The number of carbonyl (C=O) groups excluding carboxylic acids is 2. The predicted molar refractivity (Wildman–Crippen MR) is 188 cm³/mol. The Hall–Kier alpha value is -3.88. The third-order valence-corrected chi connectivity index (χ3v) is 11.4. The summed E-state index contributed by atoms with van der Waals surface area (Å²) in [7, 11) is 1.73. The first-order chi connectivity index (χ1) is 23.0. The molecule has 0 unspecified atom stereocenters. The van der Waals surface area contributed by atoms with E-state index in [2.05, 4.69) is 61.6 Å². The van der Waals surface area contributed by atoms with Gasteiger partial charge in [0.25, 0.3) is 0 Å². The number of methoxy groups -OCH3 is 1. The maximum atomic E-state index is 14.6. The first-order valence-corrected chi connectivity index (χ1v) is 17.9. The fourth-order valence-corrected chi connectivity index (χ4v) is 8.38. The Morgan fingerprint density at radius 2 is 1.69 bits per heavy atom. The summed E-state index contributed by atoms with van der Waals surface area (Å²) in [5.74, 6) is 1.71. The zero-order valence-corrected chi connectivity index (χ0v) is 29.6. The topological polar surface area (TPSA) is 98.6 Å². The number of pyridine rings is 1. The summed E-state index contributed by atoms with van der Waals surface area (Å²) in [4.78, 5) is 33.7. The minimum absolute atomic E-state index is 0.0256. The monoisotopic (exact) mass is 655 g/mol. The maximum Gasteiger partial charge on any atom is 0.407 e. The summed E-state index contributed by atoms with van der Waals surface area (Å²) in [6, 6.07) is 11.1. The molecule has 9 heteroatoms. The minimum atomic E-state index is -0.377. The van der Waals surface area contributed by atoms with Gasteiger partial charge >= 0.3 is 6.09 Å². The van der Waals surface area contributed by atoms with Crippen LogP contribution in [0.5, 0.6) is 5.75 Å². The largest absolute Gasteiger partial charge is 0.496 e. The van der Waals surface area contributed by atoms with E-state index in [1.807, 2.05) is 41.9 Å². The summed E-state index contributed by atoms with van der Waals surface area (Å²) in [6.07, 6.45) is 14.9. The van der Waals surface area contributed by atoms with Crippen LogP contribution in [0.3, 0.4) is 0 Å². The third kappa shape index (κ3) is 7.10. The number of ether oxygens (including phenoxy) is 2. The molecule has 48 heavy (non-hydrogen) atoms. The Morgan fingerprint density at radius 3 is 2.29 bits per heavy atom. The summed E-state index contributed by atoms with van der Waals surface area (Å²) in [5, 5.41) is 7.56. The Kier molecular flexibility index (Phi) is 9.86. The van der Waals surface area contributed by atoms with Gasteiger partial charge in [0.05, 0.1) is 19.4 Å². The van der Waals surface area contributed by atoms with E-state index >= 15 is 0 Å². The molecule has 258 valence electrons. The number of nitrogens with one attached hydrogen (secondary N) is 1. The molecule has 0 saturated heterocycles. The molecule has 3 aromatic rings. The van der Waals surface area contributed by atoms with Gasteiger partial charge in [-0.15, -0.1) is 0 Å². The molecule has 4 saturated carbocycles. The van der Waals surface area contributed by atoms with Gasteiger partial charge in [-0.1, -0.05) is 12.1 Å². The summed E-state index contributed by atoms with van der Waals surface area (Å²) in [5.41, 5.74) is 4.92. The van der Waals surface area contributed by atoms with Crippen LogP contribution in [0.1, 0.15) is 109 Å². The fraction of sp³-hybridized carbons (Fsp3) is 0.590. The lowest BCUT2D eigenvalue weighted by molar-refractivity contribution is -0.124. The Labute approximate surface area is 285 Å². The molecule has 2 heterocycles. The van der Waals surface area contributed by atoms with Gasteiger partial charge in [-0.25, -0.2) is 9.78 Å². The standard InChI is InChI=1S/C39H53N5O4/c1-26(2)44-24-31(23-41-44)30-13-20-40-35(22-30)43(36(45)29-7-10-33(11-8-29)42-37(46)48-27(3)4)25-38-14-17-39(18-15-38,19-16-38)32-9-12-34(47-6)28(5)21-32/h9,12-13,20-24,26-27,29,33H,7-8,10-11,14-19,25H2,1-6H3,(H,42,46). The molecule has 2 bridgehead atoms. The van der Waals surface area contributed by atoms with E-state index in [1.54, 1.807) is 7.11 Å². The Morgan fingerprint density at radius 1 is 0.979 bits per heavy atom. The molecule has 0 aliphatic heterocycles. The number of aromatic nitrogens is 3. The number of aryl methyl sites for hydroxylation is 1. The number of nitrogens with zero attached hydrogens (tertiary/aromatic N) is 4. The number of benzene rings is 1. The highest BCUT2D eigenvalue weighted by Gasteiger charge is 2.51. The van der Waals surface area contributed by atoms with Gasteiger partial charge in [-0.3, -0.25) is 14.4 Å². The average molecular weight is 656 g/mol. The van der Waals surface area contributed by atoms with Crippen LogP contribution < -0.4 is 15.0 Å². The zero-order valence-electron chi connectivity index (χ0n) is 29.6. The van der Waals surface area contributed by atoms with Crippen molar-refractivity contribution < 1.29 is 19.1 Å². The SMILES string of the molecule is COc1ccc(C23CCC(CN(C(=O)C4CCC(NC(=O)OC(C)C)CC4)c4cc(-c5cnn(C(C)C)c5)ccn4)(CC2)CC3)cc1C. The molecule has 4 fully saturated rings. The van der Waals surface area contributed by atoms with Crippen molar-refractivity contribution in [3.63, 3.8) is 0 Å². The van der Waals surface area contributed by atoms with Gasteiger partial charge in [-0.2, -0.15) is 5.10 Å². The van der Waals surface area contributed by atoms with Crippen molar-refractivity contribution in [1.82, 2.24) is 20.1 Å². The Bertz CT molecular complexity index is 1580. The second kappa shape index (κ2) is 13.9. The van der Waals surface area contributed by atoms with Crippen LogP contribution in [0.15, 0.2) is 48.9 Å². The fourth-order valence-electron chi connectivity index (χ4n) is 8.38. The first kappa shape index (κ1) is 34.0. The van der Waals surface area contributed by atoms with E-state index in [9.17, 15) is 9.59 Å². The van der Waals surface area contributed by atoms with Crippen molar-refractivity contribution >= 4 is 17.8 Å². The highest BCUT2D eigenvalue weighted by atomic mass is 16.6. The molecule has 7 rings (SSSR count). The molecule has 1 aromatic carbocycles. The van der Waals surface area contributed by atoms with Gasteiger partial charge in [0.2, 0.25) is 5.91 Å². The molecular formula is C39H53N5O4. The van der Waals surface area contributed by atoms with Gasteiger partial charge in [0.15, 0.2) is 0 Å². The lowest BCUT2D eigenvalue weighted by Crippen LogP contribution is -2.52. The summed E-state index contributed by atoms with van der Waals surface area (Å²) >= 11 is 0. The average Bonchev–Trinajstić information content (AvgIpc) is 3.59. The molecule has 2 aromatic heterocycles. The smallest absolute Gasteiger partial charge is 0.407 e. The van der Waals surface area contributed by atoms with Crippen LogP contribution >= 0.6 is 0 Å². The van der Waals surface area contributed by atoms with Gasteiger partial charge in [0.1, 0.15) is 11.6 Å². The molecule has 4 aliphatic carbocycles. The van der Waals surface area contributed by atoms with E-state index in [-0.39, 0.29) is 46.9 Å². The molecule has 1 N–H and O–H groups in total. The van der Waals surface area contributed by atoms with E-state index in [0.717, 1.165) is 86.9 Å². The van der Waals surface area contributed by atoms with Crippen LogP contribution in [-0.4, -0.2) is 52.6 Å². The quantitative estimate of drug-likeness (QED) is 0.237. The number of hydrogen-bond acceptors (Lipinski definition) is 6. The van der Waals surface area contributed by atoms with Crippen molar-refractivity contribution in [3.05, 3.63) is 60.0 Å². The number of hydrogen-bond donors (Lipinski definition) is 1. The highest BCUT2D eigenvalue weighted by Crippen LogP contribution is 2.58. The molecule has 2 amide bonds. The van der Waals surface area contributed by atoms with Crippen molar-refractivity contribution in [1.29, 1.82) is 0 Å². The van der Waals surface area contributed by atoms with E-state index < -0.39 is 0 Å². The second-order valence-electron chi connectivity index (χ2n) is 15.2. The molecule has 0 spiro atoms. The number of fused-ring (bicyclic) bond motifs is 3. The molecule has 0 radical (unpaired) electrons. The molecule has 9 nitrogen and oxygen atoms in total. The third-order valence-electron chi connectivity index (χ3n) is 11.4. The molecular weight excluding hydrogens is 602 g/mol. The molecule has 0 atom stereocenters. The number of carbonyl (C=O) groups is 2. The number of amides is 2. The van der Waals surface area contributed by atoms with Crippen molar-refractivity contribution in [2.45, 2.75) is 122 Å². The van der Waals surface area contributed by atoms with E-state index in [0.29, 0.717) is 6.54 Å². The number of anilines is 1. The van der Waals surface area contributed by atoms with Crippen molar-refractivity contribution in [2.75, 3.05) is 18.6 Å². The summed E-state index contributed by atoms with van der Waals surface area (Å²) < 4.78 is 12.8. The van der Waals surface area contributed by atoms with Crippen molar-refractivity contribution in [3.8, 4) is 16.9 Å². The lowest BCUT2D eigenvalue weighted by atomic mass is 9.51. The van der Waals surface area contributed by atoms with Crippen LogP contribution in [0.4, 0.5) is 10.6 Å². The van der Waals surface area contributed by atoms with E-state index in [1.165, 1.54) is 11.1 Å². The lowest BCUT2D eigenvalue weighted by Gasteiger charge is -2.55. The van der Waals surface area contributed by atoms with Crippen molar-refractivity contribution in [2.24, 2.45) is 11.3 Å². The normalized spacial score (nSPS) is 25.2. The number of rotatable bonds is 10. The Balaban J connectivity index is 1.22. The van der Waals surface area contributed by atoms with Crippen LogP contribution in [0.25, 0.3) is 11.1 Å². The van der Waals surface area contributed by atoms with Crippen LogP contribution in [0, 0.1) is 18.3 Å². The van der Waals surface area contributed by atoms with Crippen LogP contribution in [0.2, 0.25) is 0 Å². The molecule has 4 aliphatic rings. The minimum Gasteiger partial charge on any atom is -0.496 e.